The van der Waals surface area contributed by atoms with Crippen LogP contribution >= 0.6 is 23.2 Å². The highest BCUT2D eigenvalue weighted by atomic mass is 35.5. The second kappa shape index (κ2) is 10.1. The maximum atomic E-state index is 12.1. The molecule has 0 spiro atoms. The van der Waals surface area contributed by atoms with Crippen molar-refractivity contribution in [2.45, 2.75) is 13.3 Å². The minimum atomic E-state index is -1.13. The van der Waals surface area contributed by atoms with Gasteiger partial charge in [-0.05, 0) is 31.2 Å². The van der Waals surface area contributed by atoms with Crippen molar-refractivity contribution in [3.05, 3.63) is 28.2 Å². The first-order chi connectivity index (χ1) is 11.3. The van der Waals surface area contributed by atoms with Gasteiger partial charge in [-0.1, -0.05) is 30.1 Å². The Morgan fingerprint density at radius 1 is 1.17 bits per heavy atom. The lowest BCUT2D eigenvalue weighted by molar-refractivity contribution is -0.138. The number of halogens is 2. The summed E-state index contributed by atoms with van der Waals surface area (Å²) in [7, 11) is 0. The third kappa shape index (κ3) is 7.63. The Morgan fingerprint density at radius 2 is 1.83 bits per heavy atom. The first-order valence-electron chi connectivity index (χ1n) is 7.27. The van der Waals surface area contributed by atoms with Crippen molar-refractivity contribution >= 4 is 46.7 Å². The van der Waals surface area contributed by atoms with Crippen molar-refractivity contribution < 1.29 is 19.5 Å². The number of benzene rings is 1. The summed E-state index contributed by atoms with van der Waals surface area (Å²) < 4.78 is 0. The Labute approximate surface area is 149 Å². The van der Waals surface area contributed by atoms with E-state index in [4.69, 9.17) is 28.3 Å². The Balaban J connectivity index is 2.60. The molecular weight excluding hydrogens is 357 g/mol. The molecule has 0 atom stereocenters. The van der Waals surface area contributed by atoms with E-state index in [0.29, 0.717) is 22.3 Å². The number of carboxylic acid groups (broad SMARTS) is 1. The molecule has 9 heteroatoms. The van der Waals surface area contributed by atoms with Crippen molar-refractivity contribution in [1.82, 2.24) is 10.2 Å². The Hall–Kier alpha value is -1.83. The number of aliphatic carboxylic acids is 1. The van der Waals surface area contributed by atoms with E-state index in [1.54, 1.807) is 17.0 Å². The van der Waals surface area contributed by atoms with Gasteiger partial charge in [0.25, 0.3) is 0 Å². The average molecular weight is 376 g/mol. The van der Waals surface area contributed by atoms with E-state index >= 15 is 0 Å². The predicted octanol–water partition coefficient (Wildman–Crippen LogP) is 1.84. The van der Waals surface area contributed by atoms with Crippen LogP contribution in [0.3, 0.4) is 0 Å². The number of anilines is 1. The molecule has 0 aliphatic heterocycles. The molecular formula is C15H19Cl2N3O4. The standard InChI is InChI=1S/C15H19Cl2N3O4/c1-2-5-20(8-13(21)18-7-15(23)24)9-14(22)19-12-6-10(16)3-4-11(12)17/h3-4,6H,2,5,7-9H2,1H3,(H,18,21)(H,19,22)(H,23,24). The van der Waals surface area contributed by atoms with Gasteiger partial charge in [0.15, 0.2) is 0 Å². The molecule has 0 radical (unpaired) electrons. The molecule has 7 nitrogen and oxygen atoms in total. The number of hydrogen-bond acceptors (Lipinski definition) is 4. The van der Waals surface area contributed by atoms with Crippen molar-refractivity contribution in [3.63, 3.8) is 0 Å². The van der Waals surface area contributed by atoms with Gasteiger partial charge in [-0.2, -0.15) is 0 Å². The summed E-state index contributed by atoms with van der Waals surface area (Å²) in [4.78, 5) is 35.9. The van der Waals surface area contributed by atoms with Crippen LogP contribution in [0.15, 0.2) is 18.2 Å². The molecule has 1 aromatic carbocycles. The molecule has 0 aliphatic rings. The summed E-state index contributed by atoms with van der Waals surface area (Å²) >= 11 is 11.9. The molecule has 0 saturated heterocycles. The third-order valence-corrected chi connectivity index (χ3v) is 3.48. The zero-order valence-electron chi connectivity index (χ0n) is 13.1. The van der Waals surface area contributed by atoms with Crippen molar-refractivity contribution in [2.75, 3.05) is 31.5 Å². The summed E-state index contributed by atoms with van der Waals surface area (Å²) in [6, 6.07) is 4.71. The molecule has 0 saturated carbocycles. The minimum Gasteiger partial charge on any atom is -0.480 e. The lowest BCUT2D eigenvalue weighted by atomic mass is 10.3. The first kappa shape index (κ1) is 20.2. The van der Waals surface area contributed by atoms with E-state index in [0.717, 1.165) is 6.42 Å². The molecule has 0 fully saturated rings. The van der Waals surface area contributed by atoms with E-state index in [-0.39, 0.29) is 19.0 Å². The monoisotopic (exact) mass is 375 g/mol. The largest absolute Gasteiger partial charge is 0.480 e. The molecule has 1 aromatic rings. The van der Waals surface area contributed by atoms with Gasteiger partial charge >= 0.3 is 5.97 Å². The van der Waals surface area contributed by atoms with Crippen LogP contribution in [-0.2, 0) is 14.4 Å². The maximum absolute atomic E-state index is 12.1. The highest BCUT2D eigenvalue weighted by molar-refractivity contribution is 6.35. The molecule has 3 N–H and O–H groups in total. The number of amides is 2. The normalized spacial score (nSPS) is 10.5. The van der Waals surface area contributed by atoms with Gasteiger partial charge < -0.3 is 15.7 Å². The number of carbonyl (C=O) groups is 3. The highest BCUT2D eigenvalue weighted by Crippen LogP contribution is 2.25. The van der Waals surface area contributed by atoms with Gasteiger partial charge in [0.1, 0.15) is 6.54 Å². The lowest BCUT2D eigenvalue weighted by Gasteiger charge is -2.20. The Kier molecular flexibility index (Phi) is 8.53. The van der Waals surface area contributed by atoms with E-state index < -0.39 is 18.4 Å². The van der Waals surface area contributed by atoms with Crippen molar-refractivity contribution in [1.29, 1.82) is 0 Å². The lowest BCUT2D eigenvalue weighted by Crippen LogP contribution is -2.42. The molecule has 1 rings (SSSR count). The van der Waals surface area contributed by atoms with E-state index in [1.165, 1.54) is 6.07 Å². The number of carbonyl (C=O) groups excluding carboxylic acids is 2. The summed E-state index contributed by atoms with van der Waals surface area (Å²) in [6.07, 6.45) is 0.734. The third-order valence-electron chi connectivity index (χ3n) is 2.91. The van der Waals surface area contributed by atoms with Gasteiger partial charge in [0.05, 0.1) is 23.8 Å². The van der Waals surface area contributed by atoms with Crippen LogP contribution in [0.25, 0.3) is 0 Å². The fraction of sp³-hybridized carbons (Fsp3) is 0.400. The molecule has 2 amide bonds. The highest BCUT2D eigenvalue weighted by Gasteiger charge is 2.15. The van der Waals surface area contributed by atoms with E-state index in [2.05, 4.69) is 10.6 Å². The van der Waals surface area contributed by atoms with Gasteiger partial charge in [0, 0.05) is 5.02 Å². The van der Waals surface area contributed by atoms with Crippen molar-refractivity contribution in [3.8, 4) is 0 Å². The summed E-state index contributed by atoms with van der Waals surface area (Å²) in [5.41, 5.74) is 0.390. The van der Waals surface area contributed by atoms with Crippen molar-refractivity contribution in [2.24, 2.45) is 0 Å². The molecule has 0 aromatic heterocycles. The van der Waals surface area contributed by atoms with Crippen LogP contribution in [-0.4, -0.2) is 54.0 Å². The van der Waals surface area contributed by atoms with Crippen LogP contribution in [0.5, 0.6) is 0 Å². The summed E-state index contributed by atoms with van der Waals surface area (Å²) in [5, 5.41) is 14.2. The summed E-state index contributed by atoms with van der Waals surface area (Å²) in [5.74, 6) is -1.93. The summed E-state index contributed by atoms with van der Waals surface area (Å²) in [6.45, 7) is 1.86. The van der Waals surface area contributed by atoms with Gasteiger partial charge in [-0.25, -0.2) is 0 Å². The van der Waals surface area contributed by atoms with Crippen LogP contribution < -0.4 is 10.6 Å². The minimum absolute atomic E-state index is 0.0306. The fourth-order valence-electron chi connectivity index (χ4n) is 1.95. The molecule has 132 valence electrons. The van der Waals surface area contributed by atoms with Crippen LogP contribution in [0.4, 0.5) is 5.69 Å². The molecule has 24 heavy (non-hydrogen) atoms. The van der Waals surface area contributed by atoms with Crippen LogP contribution in [0, 0.1) is 0 Å². The van der Waals surface area contributed by atoms with Gasteiger partial charge in [-0.3, -0.25) is 19.3 Å². The zero-order chi connectivity index (χ0) is 18.1. The SMILES string of the molecule is CCCN(CC(=O)NCC(=O)O)CC(=O)Nc1cc(Cl)ccc1Cl. The molecule has 0 heterocycles. The first-order valence-corrected chi connectivity index (χ1v) is 8.03. The van der Waals surface area contributed by atoms with Gasteiger partial charge in [-0.15, -0.1) is 0 Å². The van der Waals surface area contributed by atoms with Crippen LogP contribution in [0.2, 0.25) is 10.0 Å². The van der Waals surface area contributed by atoms with E-state index in [1.807, 2.05) is 6.92 Å². The number of rotatable bonds is 9. The topological polar surface area (TPSA) is 98.7 Å². The molecule has 0 bridgehead atoms. The van der Waals surface area contributed by atoms with E-state index in [9.17, 15) is 14.4 Å². The number of nitrogens with zero attached hydrogens (tertiary/aromatic N) is 1. The number of carboxylic acids is 1. The van der Waals surface area contributed by atoms with Crippen LogP contribution in [0.1, 0.15) is 13.3 Å². The molecule has 0 aliphatic carbocycles. The van der Waals surface area contributed by atoms with Gasteiger partial charge in [0.2, 0.25) is 11.8 Å². The quantitative estimate of drug-likeness (QED) is 0.611. The smallest absolute Gasteiger partial charge is 0.322 e. The second-order valence-corrected chi connectivity index (χ2v) is 5.90. The number of hydrogen-bond donors (Lipinski definition) is 3. The fourth-order valence-corrected chi connectivity index (χ4v) is 2.29. The molecule has 0 unspecified atom stereocenters. The average Bonchev–Trinajstić information content (AvgIpc) is 2.49. The zero-order valence-corrected chi connectivity index (χ0v) is 14.7. The Bertz CT molecular complexity index is 610. The second-order valence-electron chi connectivity index (χ2n) is 5.05. The Morgan fingerprint density at radius 3 is 2.46 bits per heavy atom. The number of nitrogens with one attached hydrogen (secondary N) is 2. The predicted molar refractivity (Wildman–Crippen MR) is 92.5 cm³/mol. The maximum Gasteiger partial charge on any atom is 0.322 e.